The third-order valence-electron chi connectivity index (χ3n) is 18.3. The van der Waals surface area contributed by atoms with Gasteiger partial charge in [-0.05, 0) is 195 Å². The molecule has 0 spiro atoms. The van der Waals surface area contributed by atoms with E-state index in [1.807, 2.05) is 0 Å². The standard InChI is InChI=1S/C29H38.C21H26.C19H20/c1-26(2)9-11-28(5,6)24-16-20-18(14-22(24)26)13-19-15-23-25(17-21(19)20)29(7,8)12-10-27(23,3)4;1-20(2,3)16-7-9-18-14(12-16)11-15-13-17(21(4,5)6)8-10-19(15)18;1-2-6-14(5-1)11-15-9-10-19-17(12-15)13-16-7-3-4-8-18(16)19/h14-17H,9-13H2,1-8H3;7-10,12-13H,11H2,1-6H3;3-4,7-10,12,14H,1-2,5-6,11,13H2. The first-order valence-corrected chi connectivity index (χ1v) is 27.2. The summed E-state index contributed by atoms with van der Waals surface area (Å²) in [5.41, 5.74) is 30.3. The molecule has 0 atom stereocenters. The molecule has 0 aliphatic heterocycles. The summed E-state index contributed by atoms with van der Waals surface area (Å²) < 4.78 is 0. The highest BCUT2D eigenvalue weighted by atomic mass is 14.5. The monoisotopic (exact) mass is 913 g/mol. The quantitative estimate of drug-likeness (QED) is 0.162. The average molecular weight is 913 g/mol. The van der Waals surface area contributed by atoms with E-state index in [2.05, 4.69) is 200 Å². The van der Waals surface area contributed by atoms with E-state index in [1.165, 1.54) is 125 Å². The Morgan fingerprint density at radius 1 is 0.377 bits per heavy atom. The topological polar surface area (TPSA) is 0 Å². The van der Waals surface area contributed by atoms with Crippen LogP contribution in [0.1, 0.15) is 221 Å². The molecule has 360 valence electrons. The first kappa shape index (κ1) is 48.0. The summed E-state index contributed by atoms with van der Waals surface area (Å²) in [6, 6.07) is 40.4. The largest absolute Gasteiger partial charge is 0.0619 e. The Morgan fingerprint density at radius 2 is 0.739 bits per heavy atom. The highest BCUT2D eigenvalue weighted by molar-refractivity contribution is 5.81. The fraction of sp³-hybridized carbons (Fsp3) is 0.478. The maximum atomic E-state index is 2.59. The highest BCUT2D eigenvalue weighted by Gasteiger charge is 2.41. The van der Waals surface area contributed by atoms with Crippen LogP contribution >= 0.6 is 0 Å². The molecular formula is C69H84. The fourth-order valence-corrected chi connectivity index (χ4v) is 13.3. The van der Waals surface area contributed by atoms with E-state index in [4.69, 9.17) is 0 Å². The number of fused-ring (bicyclic) bond motifs is 11. The second-order valence-electron chi connectivity index (χ2n) is 27.4. The minimum atomic E-state index is 0.223. The molecule has 0 amide bonds. The molecule has 0 heterocycles. The molecule has 6 aliphatic rings. The van der Waals surface area contributed by atoms with Crippen LogP contribution in [0.3, 0.4) is 0 Å². The van der Waals surface area contributed by atoms with Crippen LogP contribution in [0, 0.1) is 5.92 Å². The molecule has 6 aliphatic carbocycles. The molecule has 1 saturated carbocycles. The van der Waals surface area contributed by atoms with Crippen molar-refractivity contribution in [3.8, 4) is 33.4 Å². The highest BCUT2D eigenvalue weighted by Crippen LogP contribution is 2.53. The van der Waals surface area contributed by atoms with Crippen LogP contribution in [-0.4, -0.2) is 0 Å². The van der Waals surface area contributed by atoms with Gasteiger partial charge in [0, 0.05) is 0 Å². The second kappa shape index (κ2) is 17.0. The molecule has 69 heavy (non-hydrogen) atoms. The molecule has 0 unspecified atom stereocenters. The maximum Gasteiger partial charge on any atom is -0.00132 e. The van der Waals surface area contributed by atoms with Gasteiger partial charge in [-0.1, -0.05) is 226 Å². The lowest BCUT2D eigenvalue weighted by molar-refractivity contribution is 0.331. The van der Waals surface area contributed by atoms with E-state index < -0.39 is 0 Å². The molecule has 6 aromatic rings. The lowest BCUT2D eigenvalue weighted by Crippen LogP contribution is -2.34. The normalized spacial score (nSPS) is 19.3. The van der Waals surface area contributed by atoms with Gasteiger partial charge in [0.25, 0.3) is 0 Å². The van der Waals surface area contributed by atoms with Crippen LogP contribution in [0.2, 0.25) is 0 Å². The summed E-state index contributed by atoms with van der Waals surface area (Å²) >= 11 is 0. The van der Waals surface area contributed by atoms with Gasteiger partial charge in [0.05, 0.1) is 0 Å². The van der Waals surface area contributed by atoms with Crippen molar-refractivity contribution in [1.29, 1.82) is 0 Å². The SMILES string of the molecule is CC(C)(C)c1ccc2c(c1)Cc1cc(C(C)(C)C)ccc1-2.CC1(C)CCC(C)(C)c2cc3c(cc21)Cc1cc2c(cc1-3)C(C)(C)CCC2(C)C.c1ccc2c(c1)Cc1cc(CC3CCCC3)ccc1-2. The number of hydrogen-bond acceptors (Lipinski definition) is 0. The van der Waals surface area contributed by atoms with Gasteiger partial charge in [-0.2, -0.15) is 0 Å². The van der Waals surface area contributed by atoms with Crippen LogP contribution in [0.25, 0.3) is 33.4 Å². The van der Waals surface area contributed by atoms with Crippen LogP contribution in [0.15, 0.2) is 103 Å². The van der Waals surface area contributed by atoms with E-state index >= 15 is 0 Å². The molecular weight excluding hydrogens is 829 g/mol. The van der Waals surface area contributed by atoms with E-state index in [0.717, 1.165) is 25.2 Å². The van der Waals surface area contributed by atoms with Crippen molar-refractivity contribution in [2.45, 2.75) is 206 Å². The van der Waals surface area contributed by atoms with Crippen LogP contribution < -0.4 is 0 Å². The first-order valence-electron chi connectivity index (χ1n) is 27.2. The zero-order valence-electron chi connectivity index (χ0n) is 45.4. The van der Waals surface area contributed by atoms with Gasteiger partial charge < -0.3 is 0 Å². The zero-order valence-corrected chi connectivity index (χ0v) is 45.4. The Kier molecular flexibility index (Phi) is 11.8. The van der Waals surface area contributed by atoms with Crippen molar-refractivity contribution in [2.75, 3.05) is 0 Å². The van der Waals surface area contributed by atoms with Gasteiger partial charge in [0.1, 0.15) is 0 Å². The summed E-state index contributed by atoms with van der Waals surface area (Å²) in [7, 11) is 0. The number of benzene rings is 6. The summed E-state index contributed by atoms with van der Waals surface area (Å²) in [4.78, 5) is 0. The molecule has 0 N–H and O–H groups in total. The van der Waals surface area contributed by atoms with Crippen molar-refractivity contribution < 1.29 is 0 Å². The van der Waals surface area contributed by atoms with Gasteiger partial charge in [0.2, 0.25) is 0 Å². The summed E-state index contributed by atoms with van der Waals surface area (Å²) in [6.07, 6.45) is 15.5. The molecule has 1 fully saturated rings. The zero-order chi connectivity index (χ0) is 49.1. The first-order chi connectivity index (χ1) is 32.4. The predicted octanol–water partition coefficient (Wildman–Crippen LogP) is 18.8. The Balaban J connectivity index is 0.000000124. The Bertz CT molecular complexity index is 2810. The molecule has 0 heteroatoms. The smallest absolute Gasteiger partial charge is 0.00132 e. The Labute approximate surface area is 419 Å². The van der Waals surface area contributed by atoms with Gasteiger partial charge in [-0.15, -0.1) is 0 Å². The van der Waals surface area contributed by atoms with Gasteiger partial charge in [0.15, 0.2) is 0 Å². The predicted molar refractivity (Wildman–Crippen MR) is 298 cm³/mol. The molecule has 0 aromatic heterocycles. The van der Waals surface area contributed by atoms with Crippen molar-refractivity contribution in [2.24, 2.45) is 5.92 Å². The van der Waals surface area contributed by atoms with E-state index in [9.17, 15) is 0 Å². The minimum absolute atomic E-state index is 0.223. The molecule has 12 rings (SSSR count). The fourth-order valence-electron chi connectivity index (χ4n) is 13.3. The lowest BCUT2D eigenvalue weighted by Gasteiger charge is -2.42. The van der Waals surface area contributed by atoms with Crippen LogP contribution in [0.4, 0.5) is 0 Å². The van der Waals surface area contributed by atoms with E-state index in [0.29, 0.717) is 0 Å². The molecule has 0 nitrogen and oxygen atoms in total. The van der Waals surface area contributed by atoms with Gasteiger partial charge in [-0.25, -0.2) is 0 Å². The van der Waals surface area contributed by atoms with Crippen molar-refractivity contribution in [3.05, 3.63) is 175 Å². The maximum absolute atomic E-state index is 2.59. The van der Waals surface area contributed by atoms with Crippen molar-refractivity contribution >= 4 is 0 Å². The minimum Gasteiger partial charge on any atom is -0.0619 e. The summed E-state index contributed by atoms with van der Waals surface area (Å²) in [5, 5.41) is 0. The molecule has 6 aromatic carbocycles. The third kappa shape index (κ3) is 9.04. The Morgan fingerprint density at radius 3 is 1.19 bits per heavy atom. The van der Waals surface area contributed by atoms with Crippen LogP contribution in [0.5, 0.6) is 0 Å². The van der Waals surface area contributed by atoms with Gasteiger partial charge in [-0.3, -0.25) is 0 Å². The van der Waals surface area contributed by atoms with E-state index in [-0.39, 0.29) is 32.5 Å². The lowest BCUT2D eigenvalue weighted by atomic mass is 9.62. The summed E-state index contributed by atoms with van der Waals surface area (Å²) in [5.74, 6) is 0.946. The van der Waals surface area contributed by atoms with Crippen molar-refractivity contribution in [1.82, 2.24) is 0 Å². The molecule has 0 bridgehead atoms. The van der Waals surface area contributed by atoms with Crippen LogP contribution in [-0.2, 0) is 58.2 Å². The molecule has 0 radical (unpaired) electrons. The van der Waals surface area contributed by atoms with E-state index in [1.54, 1.807) is 38.9 Å². The number of hydrogen-bond donors (Lipinski definition) is 0. The molecule has 0 saturated heterocycles. The van der Waals surface area contributed by atoms with Gasteiger partial charge >= 0.3 is 0 Å². The van der Waals surface area contributed by atoms with Crippen molar-refractivity contribution in [3.63, 3.8) is 0 Å². The second-order valence-corrected chi connectivity index (χ2v) is 27.4. The Hall–Kier alpha value is -4.68. The number of rotatable bonds is 2. The summed E-state index contributed by atoms with van der Waals surface area (Å²) in [6.45, 7) is 33.3. The average Bonchev–Trinajstić information content (AvgIpc) is 4.09. The third-order valence-corrected chi connectivity index (χ3v) is 18.3.